The van der Waals surface area contributed by atoms with Crippen molar-refractivity contribution >= 4 is 28.6 Å². The molecule has 6 heteroatoms. The molecule has 3 aromatic carbocycles. The van der Waals surface area contributed by atoms with E-state index in [9.17, 15) is 9.59 Å². The largest absolute Gasteiger partial charge is 0.368 e. The van der Waals surface area contributed by atoms with Gasteiger partial charge in [-0.3, -0.25) is 14.2 Å². The Morgan fingerprint density at radius 2 is 1.58 bits per heavy atom. The second-order valence-electron chi connectivity index (χ2n) is 7.58. The number of fused-ring (bicyclic) bond motifs is 1. The van der Waals surface area contributed by atoms with Crippen LogP contribution in [0.5, 0.6) is 0 Å². The van der Waals surface area contributed by atoms with Gasteiger partial charge in [-0.25, -0.2) is 4.98 Å². The number of rotatable bonds is 6. The van der Waals surface area contributed by atoms with Crippen molar-refractivity contribution in [3.63, 3.8) is 0 Å². The molecule has 2 N–H and O–H groups in total. The molecule has 0 fully saturated rings. The number of hydrogen-bond donors (Lipinski definition) is 1. The highest BCUT2D eigenvalue weighted by atomic mass is 32.2. The predicted octanol–water partition coefficient (Wildman–Crippen LogP) is 4.83. The van der Waals surface area contributed by atoms with Crippen molar-refractivity contribution in [2.75, 3.05) is 0 Å². The van der Waals surface area contributed by atoms with E-state index in [0.29, 0.717) is 16.1 Å². The molecule has 0 aliphatic heterocycles. The van der Waals surface area contributed by atoms with Gasteiger partial charge in [0, 0.05) is 0 Å². The fourth-order valence-corrected chi connectivity index (χ4v) is 4.66. The van der Waals surface area contributed by atoms with Crippen LogP contribution in [-0.4, -0.2) is 15.5 Å². The van der Waals surface area contributed by atoms with E-state index in [4.69, 9.17) is 10.7 Å². The molecule has 0 radical (unpaired) electrons. The Morgan fingerprint density at radius 3 is 2.29 bits per heavy atom. The smallest absolute Gasteiger partial charge is 0.266 e. The van der Waals surface area contributed by atoms with Crippen LogP contribution in [0.4, 0.5) is 0 Å². The van der Waals surface area contributed by atoms with E-state index in [1.807, 2.05) is 66.7 Å². The summed E-state index contributed by atoms with van der Waals surface area (Å²) in [6.45, 7) is 4.17. The molecular weight excluding hydrogens is 406 g/mol. The maximum atomic E-state index is 13.6. The minimum atomic E-state index is -0.674. The lowest BCUT2D eigenvalue weighted by Gasteiger charge is -2.20. The molecule has 4 aromatic rings. The quantitative estimate of drug-likeness (QED) is 0.352. The molecule has 0 saturated carbocycles. The minimum Gasteiger partial charge on any atom is -0.368 e. The first-order valence-electron chi connectivity index (χ1n) is 10.1. The number of carbonyl (C=O) groups is 1. The van der Waals surface area contributed by atoms with Gasteiger partial charge in [0.25, 0.3) is 5.56 Å². The SMILES string of the molecule is CC(C)c1ccccc1-n1c(SC(C(N)=O)c2ccccc2)nc2ccccc2c1=O. The molecule has 0 bridgehead atoms. The number of thioether (sulfide) groups is 1. The first-order valence-corrected chi connectivity index (χ1v) is 11.0. The van der Waals surface area contributed by atoms with Gasteiger partial charge in [-0.1, -0.05) is 86.3 Å². The van der Waals surface area contributed by atoms with Crippen molar-refractivity contribution in [2.45, 2.75) is 30.2 Å². The van der Waals surface area contributed by atoms with Gasteiger partial charge in [-0.05, 0) is 35.2 Å². The lowest BCUT2D eigenvalue weighted by molar-refractivity contribution is -0.117. The van der Waals surface area contributed by atoms with Crippen molar-refractivity contribution in [3.05, 3.63) is 100 Å². The summed E-state index contributed by atoms with van der Waals surface area (Å²) < 4.78 is 1.61. The summed E-state index contributed by atoms with van der Waals surface area (Å²) in [4.78, 5) is 30.7. The predicted molar refractivity (Wildman–Crippen MR) is 126 cm³/mol. The minimum absolute atomic E-state index is 0.169. The molecule has 4 rings (SSSR count). The third-order valence-electron chi connectivity index (χ3n) is 5.13. The fourth-order valence-electron chi connectivity index (χ4n) is 3.61. The zero-order chi connectivity index (χ0) is 22.0. The van der Waals surface area contributed by atoms with Crippen molar-refractivity contribution in [2.24, 2.45) is 5.73 Å². The Labute approximate surface area is 184 Å². The van der Waals surface area contributed by atoms with E-state index >= 15 is 0 Å². The molecule has 0 spiro atoms. The zero-order valence-corrected chi connectivity index (χ0v) is 18.2. The molecule has 1 amide bonds. The lowest BCUT2D eigenvalue weighted by atomic mass is 10.0. The number of primary amides is 1. The van der Waals surface area contributed by atoms with Gasteiger partial charge in [0.1, 0.15) is 5.25 Å². The number of hydrogen-bond acceptors (Lipinski definition) is 4. The van der Waals surface area contributed by atoms with Crippen LogP contribution < -0.4 is 11.3 Å². The van der Waals surface area contributed by atoms with Crippen LogP contribution in [0.3, 0.4) is 0 Å². The Balaban J connectivity index is 1.98. The van der Waals surface area contributed by atoms with Gasteiger partial charge >= 0.3 is 0 Å². The highest BCUT2D eigenvalue weighted by Gasteiger charge is 2.24. The Bertz CT molecular complexity index is 1300. The van der Waals surface area contributed by atoms with E-state index in [1.165, 1.54) is 11.8 Å². The van der Waals surface area contributed by atoms with Crippen LogP contribution in [0.15, 0.2) is 88.8 Å². The van der Waals surface area contributed by atoms with Gasteiger partial charge in [-0.15, -0.1) is 0 Å². The van der Waals surface area contributed by atoms with Gasteiger partial charge < -0.3 is 5.73 Å². The van der Waals surface area contributed by atoms with Crippen molar-refractivity contribution < 1.29 is 4.79 Å². The van der Waals surface area contributed by atoms with Crippen LogP contribution in [-0.2, 0) is 4.79 Å². The topological polar surface area (TPSA) is 78.0 Å². The number of carbonyl (C=O) groups excluding carboxylic acids is 1. The summed E-state index contributed by atoms with van der Waals surface area (Å²) in [5.74, 6) is -0.282. The fraction of sp³-hybridized carbons (Fsp3) is 0.160. The summed E-state index contributed by atoms with van der Waals surface area (Å²) in [5.41, 5.74) is 8.74. The van der Waals surface area contributed by atoms with Gasteiger partial charge in [0.2, 0.25) is 5.91 Å². The molecule has 0 aliphatic carbocycles. The summed E-state index contributed by atoms with van der Waals surface area (Å²) in [5, 5.41) is 0.289. The summed E-state index contributed by atoms with van der Waals surface area (Å²) in [6.07, 6.45) is 0. The van der Waals surface area contributed by atoms with Gasteiger partial charge in [0.05, 0.1) is 16.6 Å². The first-order chi connectivity index (χ1) is 15.0. The molecule has 31 heavy (non-hydrogen) atoms. The van der Waals surface area contributed by atoms with Gasteiger partial charge in [0.15, 0.2) is 5.16 Å². The van der Waals surface area contributed by atoms with E-state index in [-0.39, 0.29) is 11.5 Å². The monoisotopic (exact) mass is 429 g/mol. The van der Waals surface area contributed by atoms with E-state index in [1.54, 1.807) is 16.7 Å². The standard InChI is InChI=1S/C25H23N3O2S/c1-16(2)18-12-7-9-15-21(18)28-24(30)19-13-6-8-14-20(19)27-25(28)31-22(23(26)29)17-10-4-3-5-11-17/h3-16,22H,1-2H3,(H2,26,29). The zero-order valence-electron chi connectivity index (χ0n) is 17.4. The average molecular weight is 430 g/mol. The highest BCUT2D eigenvalue weighted by molar-refractivity contribution is 8.00. The summed E-state index contributed by atoms with van der Waals surface area (Å²) in [6, 6.07) is 24.4. The molecule has 1 atom stereocenters. The average Bonchev–Trinajstić information content (AvgIpc) is 2.78. The number of amides is 1. The molecule has 1 aromatic heterocycles. The molecule has 1 unspecified atom stereocenters. The normalized spacial score (nSPS) is 12.2. The van der Waals surface area contributed by atoms with Crippen molar-refractivity contribution in [1.29, 1.82) is 0 Å². The maximum Gasteiger partial charge on any atom is 0.266 e. The molecular formula is C25H23N3O2S. The second-order valence-corrected chi connectivity index (χ2v) is 8.65. The van der Waals surface area contributed by atoms with E-state index in [0.717, 1.165) is 16.8 Å². The summed E-state index contributed by atoms with van der Waals surface area (Å²) >= 11 is 1.20. The van der Waals surface area contributed by atoms with E-state index < -0.39 is 11.2 Å². The number of aromatic nitrogens is 2. The third-order valence-corrected chi connectivity index (χ3v) is 6.35. The van der Waals surface area contributed by atoms with Crippen LogP contribution in [0, 0.1) is 0 Å². The molecule has 5 nitrogen and oxygen atoms in total. The molecule has 0 saturated heterocycles. The Kier molecular flexibility index (Phi) is 5.91. The molecule has 156 valence electrons. The van der Waals surface area contributed by atoms with Crippen LogP contribution in [0.1, 0.15) is 36.1 Å². The maximum absolute atomic E-state index is 13.6. The first kappa shape index (κ1) is 20.9. The van der Waals surface area contributed by atoms with Crippen molar-refractivity contribution in [1.82, 2.24) is 9.55 Å². The lowest BCUT2D eigenvalue weighted by Crippen LogP contribution is -2.25. The van der Waals surface area contributed by atoms with Crippen LogP contribution in [0.25, 0.3) is 16.6 Å². The second kappa shape index (κ2) is 8.78. The third kappa shape index (κ3) is 4.11. The van der Waals surface area contributed by atoms with Gasteiger partial charge in [-0.2, -0.15) is 0 Å². The number of nitrogens with two attached hydrogens (primary N) is 1. The Morgan fingerprint density at radius 1 is 0.935 bits per heavy atom. The number of benzene rings is 3. The Hall–Kier alpha value is -3.38. The van der Waals surface area contributed by atoms with Crippen LogP contribution >= 0.6 is 11.8 Å². The summed E-state index contributed by atoms with van der Waals surface area (Å²) in [7, 11) is 0. The van der Waals surface area contributed by atoms with Crippen LogP contribution in [0.2, 0.25) is 0 Å². The highest BCUT2D eigenvalue weighted by Crippen LogP contribution is 2.36. The number of nitrogens with zero attached hydrogens (tertiary/aromatic N) is 2. The van der Waals surface area contributed by atoms with E-state index in [2.05, 4.69) is 13.8 Å². The molecule has 1 heterocycles. The number of para-hydroxylation sites is 2. The molecule has 0 aliphatic rings. The van der Waals surface area contributed by atoms with Crippen molar-refractivity contribution in [3.8, 4) is 5.69 Å².